The number of methoxy groups -OCH3 is 1. The van der Waals surface area contributed by atoms with E-state index < -0.39 is 4.92 Å². The second kappa shape index (κ2) is 9.05. The van der Waals surface area contributed by atoms with Crippen molar-refractivity contribution < 1.29 is 19.4 Å². The molecule has 0 aliphatic carbocycles. The van der Waals surface area contributed by atoms with Gasteiger partial charge in [0.1, 0.15) is 12.3 Å². The quantitative estimate of drug-likeness (QED) is 0.598. The predicted octanol–water partition coefficient (Wildman–Crippen LogP) is 2.27. The monoisotopic (exact) mass is 398 g/mol. The minimum atomic E-state index is -0.497. The maximum absolute atomic E-state index is 12.9. The number of carbonyl (C=O) groups excluding carboxylic acids is 1. The maximum atomic E-state index is 12.9. The van der Waals surface area contributed by atoms with Crippen molar-refractivity contribution in [2.45, 2.75) is 26.3 Å². The lowest BCUT2D eigenvalue weighted by molar-refractivity contribution is -0.917. The Morgan fingerprint density at radius 1 is 1.17 bits per heavy atom. The van der Waals surface area contributed by atoms with E-state index in [-0.39, 0.29) is 17.2 Å². The van der Waals surface area contributed by atoms with Gasteiger partial charge in [0.15, 0.2) is 0 Å². The molecule has 0 unspecified atom stereocenters. The van der Waals surface area contributed by atoms with E-state index in [1.165, 1.54) is 41.3 Å². The maximum Gasteiger partial charge on any atom is 0.270 e. The van der Waals surface area contributed by atoms with Gasteiger partial charge in [-0.15, -0.1) is 0 Å². The first kappa shape index (κ1) is 20.8. The molecular formula is C22H28N3O4+. The number of nitro benzene ring substituents is 1. The van der Waals surface area contributed by atoms with Gasteiger partial charge in [-0.2, -0.15) is 0 Å². The second-order valence-electron chi connectivity index (χ2n) is 7.76. The van der Waals surface area contributed by atoms with Gasteiger partial charge in [-0.3, -0.25) is 14.9 Å². The lowest BCUT2D eigenvalue weighted by Gasteiger charge is -2.32. The molecule has 29 heavy (non-hydrogen) atoms. The van der Waals surface area contributed by atoms with Crippen LogP contribution in [0.4, 0.5) is 5.69 Å². The highest BCUT2D eigenvalue weighted by Gasteiger charge is 2.27. The van der Waals surface area contributed by atoms with Crippen molar-refractivity contribution in [3.8, 4) is 5.75 Å². The summed E-state index contributed by atoms with van der Waals surface area (Å²) in [6.07, 6.45) is 0. The van der Waals surface area contributed by atoms with E-state index in [0.717, 1.165) is 19.6 Å². The molecule has 0 spiro atoms. The Morgan fingerprint density at radius 3 is 2.38 bits per heavy atom. The fraction of sp³-hybridized carbons (Fsp3) is 0.409. The van der Waals surface area contributed by atoms with Crippen LogP contribution >= 0.6 is 0 Å². The molecule has 0 aromatic heterocycles. The van der Waals surface area contributed by atoms with Gasteiger partial charge in [0, 0.05) is 17.7 Å². The standard InChI is InChI=1S/C22H27N3O4/c1-16(2)18-6-4-17(5-7-18)15-23-10-12-24(13-11-23)22(26)20-14-19(25(27)28)8-9-21(20)29-3/h4-9,14,16H,10-13,15H2,1-3H3/p+1. The summed E-state index contributed by atoms with van der Waals surface area (Å²) >= 11 is 0. The summed E-state index contributed by atoms with van der Waals surface area (Å²) in [6, 6.07) is 12.9. The number of hydrogen-bond donors (Lipinski definition) is 1. The normalized spacial score (nSPS) is 14.8. The average molecular weight is 398 g/mol. The first-order valence-electron chi connectivity index (χ1n) is 9.93. The summed E-state index contributed by atoms with van der Waals surface area (Å²) in [5.74, 6) is 0.670. The van der Waals surface area contributed by atoms with Crippen LogP contribution in [0.2, 0.25) is 0 Å². The smallest absolute Gasteiger partial charge is 0.270 e. The van der Waals surface area contributed by atoms with Gasteiger partial charge in [0.25, 0.3) is 11.6 Å². The van der Waals surface area contributed by atoms with Gasteiger partial charge in [0.05, 0.1) is 43.8 Å². The number of carbonyl (C=O) groups is 1. The molecule has 0 bridgehead atoms. The van der Waals surface area contributed by atoms with E-state index in [2.05, 4.69) is 38.1 Å². The number of hydrogen-bond acceptors (Lipinski definition) is 4. The lowest BCUT2D eigenvalue weighted by atomic mass is 10.0. The van der Waals surface area contributed by atoms with Gasteiger partial charge >= 0.3 is 0 Å². The molecule has 1 aliphatic rings. The highest BCUT2D eigenvalue weighted by molar-refractivity contribution is 5.97. The van der Waals surface area contributed by atoms with E-state index in [4.69, 9.17) is 4.74 Å². The van der Waals surface area contributed by atoms with Crippen LogP contribution in [0.1, 0.15) is 41.3 Å². The van der Waals surface area contributed by atoms with Crippen LogP contribution in [0.5, 0.6) is 5.75 Å². The molecule has 2 aromatic carbocycles. The Bertz CT molecular complexity index is 872. The van der Waals surface area contributed by atoms with E-state index in [1.807, 2.05) is 0 Å². The second-order valence-corrected chi connectivity index (χ2v) is 7.76. The number of quaternary nitrogens is 1. The van der Waals surface area contributed by atoms with Crippen LogP contribution in [0, 0.1) is 10.1 Å². The molecule has 0 radical (unpaired) electrons. The third-order valence-electron chi connectivity index (χ3n) is 5.48. The zero-order chi connectivity index (χ0) is 21.0. The fourth-order valence-electron chi connectivity index (χ4n) is 3.66. The van der Waals surface area contributed by atoms with Crippen LogP contribution in [0.25, 0.3) is 0 Å². The van der Waals surface area contributed by atoms with Crippen LogP contribution in [0.15, 0.2) is 42.5 Å². The van der Waals surface area contributed by atoms with E-state index in [9.17, 15) is 14.9 Å². The molecule has 1 amide bonds. The fourth-order valence-corrected chi connectivity index (χ4v) is 3.66. The van der Waals surface area contributed by atoms with E-state index in [0.29, 0.717) is 24.8 Å². The zero-order valence-electron chi connectivity index (χ0n) is 17.2. The SMILES string of the molecule is COc1ccc([N+](=O)[O-])cc1C(=O)N1CC[NH+](Cc2ccc(C(C)C)cc2)CC1. The molecule has 0 saturated carbocycles. The minimum Gasteiger partial charge on any atom is -0.496 e. The topological polar surface area (TPSA) is 77.1 Å². The highest BCUT2D eigenvalue weighted by Crippen LogP contribution is 2.25. The average Bonchev–Trinajstić information content (AvgIpc) is 2.73. The molecule has 1 heterocycles. The van der Waals surface area contributed by atoms with Crippen LogP contribution in [0.3, 0.4) is 0 Å². The zero-order valence-corrected chi connectivity index (χ0v) is 17.2. The number of nitrogens with one attached hydrogen (secondary N) is 1. The molecule has 1 aliphatic heterocycles. The van der Waals surface area contributed by atoms with Crippen LogP contribution < -0.4 is 9.64 Å². The molecule has 1 fully saturated rings. The Labute approximate surface area is 171 Å². The van der Waals surface area contributed by atoms with Crippen molar-refractivity contribution in [3.63, 3.8) is 0 Å². The van der Waals surface area contributed by atoms with E-state index >= 15 is 0 Å². The number of rotatable bonds is 6. The first-order valence-corrected chi connectivity index (χ1v) is 9.93. The number of ether oxygens (including phenoxy) is 1. The molecular weight excluding hydrogens is 370 g/mol. The molecule has 154 valence electrons. The van der Waals surface area contributed by atoms with Crippen molar-refractivity contribution in [1.82, 2.24) is 4.90 Å². The van der Waals surface area contributed by atoms with Gasteiger partial charge in [0.2, 0.25) is 0 Å². The summed E-state index contributed by atoms with van der Waals surface area (Å²) in [5.41, 5.74) is 2.77. The molecule has 1 N–H and O–H groups in total. The van der Waals surface area contributed by atoms with E-state index in [1.54, 1.807) is 4.90 Å². The van der Waals surface area contributed by atoms with Crippen LogP contribution in [-0.4, -0.2) is 49.0 Å². The first-order chi connectivity index (χ1) is 13.9. The Hall–Kier alpha value is -2.93. The lowest BCUT2D eigenvalue weighted by Crippen LogP contribution is -3.13. The molecule has 7 nitrogen and oxygen atoms in total. The summed E-state index contributed by atoms with van der Waals surface area (Å²) < 4.78 is 5.24. The molecule has 1 saturated heterocycles. The van der Waals surface area contributed by atoms with Crippen molar-refractivity contribution >= 4 is 11.6 Å². The number of nitro groups is 1. The molecule has 3 rings (SSSR count). The Balaban J connectivity index is 1.62. The third-order valence-corrected chi connectivity index (χ3v) is 5.48. The summed E-state index contributed by atoms with van der Waals surface area (Å²) in [5, 5.41) is 11.1. The molecule has 7 heteroatoms. The van der Waals surface area contributed by atoms with Gasteiger partial charge in [-0.25, -0.2) is 0 Å². The molecule has 0 atom stereocenters. The predicted molar refractivity (Wildman–Crippen MR) is 110 cm³/mol. The highest BCUT2D eigenvalue weighted by atomic mass is 16.6. The van der Waals surface area contributed by atoms with Crippen molar-refractivity contribution in [3.05, 3.63) is 69.3 Å². The minimum absolute atomic E-state index is 0.108. The Morgan fingerprint density at radius 2 is 1.83 bits per heavy atom. The molecule has 2 aromatic rings. The number of non-ortho nitro benzene ring substituents is 1. The van der Waals surface area contributed by atoms with Gasteiger partial charge in [-0.1, -0.05) is 38.1 Å². The summed E-state index contributed by atoms with van der Waals surface area (Å²) in [4.78, 5) is 26.7. The van der Waals surface area contributed by atoms with Gasteiger partial charge in [-0.05, 0) is 17.5 Å². The van der Waals surface area contributed by atoms with Gasteiger partial charge < -0.3 is 14.5 Å². The van der Waals surface area contributed by atoms with Crippen molar-refractivity contribution in [1.29, 1.82) is 0 Å². The largest absolute Gasteiger partial charge is 0.496 e. The van der Waals surface area contributed by atoms with Crippen LogP contribution in [-0.2, 0) is 6.54 Å². The summed E-state index contributed by atoms with van der Waals surface area (Å²) in [7, 11) is 1.46. The number of amides is 1. The van der Waals surface area contributed by atoms with Crippen molar-refractivity contribution in [2.24, 2.45) is 0 Å². The summed E-state index contributed by atoms with van der Waals surface area (Å²) in [6.45, 7) is 8.22. The van der Waals surface area contributed by atoms with Crippen molar-refractivity contribution in [2.75, 3.05) is 33.3 Å². The Kier molecular flexibility index (Phi) is 6.49. The number of benzene rings is 2. The third kappa shape index (κ3) is 4.92. The number of nitrogens with zero attached hydrogens (tertiary/aromatic N) is 2. The number of piperazine rings is 1.